The number of likely N-dealkylation sites (tertiary alicyclic amines) is 1. The smallest absolute Gasteiger partial charge is 0.228 e. The summed E-state index contributed by atoms with van der Waals surface area (Å²) in [7, 11) is 0. The van der Waals surface area contributed by atoms with Crippen molar-refractivity contribution in [3.63, 3.8) is 0 Å². The average Bonchev–Trinajstić information content (AvgIpc) is 3.05. The normalized spacial score (nSPS) is 22.2. The van der Waals surface area contributed by atoms with E-state index in [1.807, 2.05) is 4.90 Å². The van der Waals surface area contributed by atoms with E-state index < -0.39 is 0 Å². The Balaban J connectivity index is 1.76. The van der Waals surface area contributed by atoms with Crippen LogP contribution in [0.4, 0.5) is 5.69 Å². The van der Waals surface area contributed by atoms with Crippen LogP contribution in [0.2, 0.25) is 10.0 Å². The number of hydrogen-bond donors (Lipinski definition) is 0. The standard InChI is InChI=1S/C15H16Cl2N2O2/c16-11-6-12(17)8-13(7-11)19-9-10(5-14(19)20)15(21)18-3-1-2-4-18/h6-8,10H,1-5,9H2. The molecule has 2 saturated heterocycles. The first-order valence-corrected chi connectivity index (χ1v) is 7.85. The van der Waals surface area contributed by atoms with E-state index in [0.717, 1.165) is 25.9 Å². The Labute approximate surface area is 133 Å². The van der Waals surface area contributed by atoms with Crippen LogP contribution in [0.3, 0.4) is 0 Å². The minimum atomic E-state index is -0.256. The molecule has 112 valence electrons. The zero-order chi connectivity index (χ0) is 15.0. The highest BCUT2D eigenvalue weighted by atomic mass is 35.5. The third-order valence-electron chi connectivity index (χ3n) is 4.05. The van der Waals surface area contributed by atoms with E-state index in [-0.39, 0.29) is 24.2 Å². The number of benzene rings is 1. The van der Waals surface area contributed by atoms with Crippen LogP contribution in [0.25, 0.3) is 0 Å². The molecule has 1 atom stereocenters. The van der Waals surface area contributed by atoms with Crippen molar-refractivity contribution in [1.29, 1.82) is 0 Å². The van der Waals surface area contributed by atoms with Gasteiger partial charge in [-0.1, -0.05) is 23.2 Å². The highest BCUT2D eigenvalue weighted by Gasteiger charge is 2.37. The van der Waals surface area contributed by atoms with Crippen LogP contribution in [-0.2, 0) is 9.59 Å². The average molecular weight is 327 g/mol. The lowest BCUT2D eigenvalue weighted by Crippen LogP contribution is -2.35. The van der Waals surface area contributed by atoms with Gasteiger partial charge in [0.1, 0.15) is 0 Å². The number of nitrogens with zero attached hydrogens (tertiary/aromatic N) is 2. The number of rotatable bonds is 2. The molecule has 0 bridgehead atoms. The van der Waals surface area contributed by atoms with Gasteiger partial charge in [-0.2, -0.15) is 0 Å². The van der Waals surface area contributed by atoms with Gasteiger partial charge < -0.3 is 9.80 Å². The zero-order valence-corrected chi connectivity index (χ0v) is 13.0. The van der Waals surface area contributed by atoms with Crippen LogP contribution in [0.15, 0.2) is 18.2 Å². The van der Waals surface area contributed by atoms with Crippen molar-refractivity contribution in [2.75, 3.05) is 24.5 Å². The quantitative estimate of drug-likeness (QED) is 0.838. The van der Waals surface area contributed by atoms with E-state index in [1.165, 1.54) is 0 Å². The molecule has 2 aliphatic heterocycles. The fourth-order valence-corrected chi connectivity index (χ4v) is 3.53. The fraction of sp³-hybridized carbons (Fsp3) is 0.467. The van der Waals surface area contributed by atoms with Gasteiger partial charge in [0.25, 0.3) is 0 Å². The topological polar surface area (TPSA) is 40.6 Å². The summed E-state index contributed by atoms with van der Waals surface area (Å²) < 4.78 is 0. The van der Waals surface area contributed by atoms with Crippen LogP contribution in [0.1, 0.15) is 19.3 Å². The Morgan fingerprint density at radius 3 is 2.33 bits per heavy atom. The molecule has 1 unspecified atom stereocenters. The van der Waals surface area contributed by atoms with Gasteiger partial charge in [-0.05, 0) is 31.0 Å². The van der Waals surface area contributed by atoms with E-state index in [0.29, 0.717) is 22.3 Å². The van der Waals surface area contributed by atoms with Crippen LogP contribution in [-0.4, -0.2) is 36.3 Å². The van der Waals surface area contributed by atoms with Gasteiger partial charge in [0.05, 0.1) is 5.92 Å². The molecule has 2 heterocycles. The maximum atomic E-state index is 12.4. The van der Waals surface area contributed by atoms with Crippen molar-refractivity contribution in [2.45, 2.75) is 19.3 Å². The number of anilines is 1. The molecular formula is C15H16Cl2N2O2. The highest BCUT2D eigenvalue weighted by molar-refractivity contribution is 6.35. The van der Waals surface area contributed by atoms with E-state index in [4.69, 9.17) is 23.2 Å². The Bertz CT molecular complexity index is 565. The third-order valence-corrected chi connectivity index (χ3v) is 4.49. The molecule has 21 heavy (non-hydrogen) atoms. The molecule has 0 saturated carbocycles. The van der Waals surface area contributed by atoms with Gasteiger partial charge in [-0.25, -0.2) is 0 Å². The molecule has 0 spiro atoms. The minimum Gasteiger partial charge on any atom is -0.342 e. The number of carbonyl (C=O) groups is 2. The number of carbonyl (C=O) groups excluding carboxylic acids is 2. The molecule has 0 aliphatic carbocycles. The Hall–Kier alpha value is -1.26. The van der Waals surface area contributed by atoms with Gasteiger partial charge >= 0.3 is 0 Å². The maximum absolute atomic E-state index is 12.4. The second-order valence-electron chi connectivity index (χ2n) is 5.57. The van der Waals surface area contributed by atoms with Crippen LogP contribution in [0, 0.1) is 5.92 Å². The van der Waals surface area contributed by atoms with Gasteiger partial charge in [-0.15, -0.1) is 0 Å². The number of halogens is 2. The maximum Gasteiger partial charge on any atom is 0.228 e. The third kappa shape index (κ3) is 3.01. The summed E-state index contributed by atoms with van der Waals surface area (Å²) in [5.74, 6) is -0.212. The van der Waals surface area contributed by atoms with E-state index in [9.17, 15) is 9.59 Å². The summed E-state index contributed by atoms with van der Waals surface area (Å²) in [6, 6.07) is 5.03. The van der Waals surface area contributed by atoms with Crippen LogP contribution < -0.4 is 4.90 Å². The van der Waals surface area contributed by atoms with Crippen LogP contribution >= 0.6 is 23.2 Å². The van der Waals surface area contributed by atoms with E-state index in [2.05, 4.69) is 0 Å². The summed E-state index contributed by atoms with van der Waals surface area (Å²) >= 11 is 12.0. The fourth-order valence-electron chi connectivity index (χ4n) is 3.01. The van der Waals surface area contributed by atoms with Crippen molar-refractivity contribution < 1.29 is 9.59 Å². The second kappa shape index (κ2) is 5.85. The predicted octanol–water partition coefficient (Wildman–Crippen LogP) is 2.97. The summed E-state index contributed by atoms with van der Waals surface area (Å²) in [5, 5.41) is 0.972. The van der Waals surface area contributed by atoms with Crippen molar-refractivity contribution in [3.8, 4) is 0 Å². The first kappa shape index (κ1) is 14.7. The Morgan fingerprint density at radius 1 is 1.10 bits per heavy atom. The van der Waals surface area contributed by atoms with Crippen molar-refractivity contribution in [3.05, 3.63) is 28.2 Å². The lowest BCUT2D eigenvalue weighted by Gasteiger charge is -2.20. The van der Waals surface area contributed by atoms with E-state index in [1.54, 1.807) is 23.1 Å². The Morgan fingerprint density at radius 2 is 1.71 bits per heavy atom. The predicted molar refractivity (Wildman–Crippen MR) is 82.7 cm³/mol. The first-order chi connectivity index (χ1) is 10.0. The van der Waals surface area contributed by atoms with E-state index >= 15 is 0 Å². The monoisotopic (exact) mass is 326 g/mol. The largest absolute Gasteiger partial charge is 0.342 e. The number of amides is 2. The summed E-state index contributed by atoms with van der Waals surface area (Å²) in [4.78, 5) is 28.1. The molecule has 2 amide bonds. The lowest BCUT2D eigenvalue weighted by atomic mass is 10.1. The van der Waals surface area contributed by atoms with Crippen molar-refractivity contribution in [1.82, 2.24) is 4.90 Å². The highest BCUT2D eigenvalue weighted by Crippen LogP contribution is 2.31. The molecule has 1 aromatic rings. The molecule has 3 rings (SSSR count). The van der Waals surface area contributed by atoms with Crippen LogP contribution in [0.5, 0.6) is 0 Å². The number of hydrogen-bond acceptors (Lipinski definition) is 2. The Kier molecular flexibility index (Phi) is 4.09. The molecular weight excluding hydrogens is 311 g/mol. The molecule has 0 N–H and O–H groups in total. The van der Waals surface area contributed by atoms with Gasteiger partial charge in [0, 0.05) is 41.8 Å². The van der Waals surface area contributed by atoms with Gasteiger partial charge in [-0.3, -0.25) is 9.59 Å². The minimum absolute atomic E-state index is 0.0501. The molecule has 1 aromatic carbocycles. The summed E-state index contributed by atoms with van der Waals surface area (Å²) in [5.41, 5.74) is 0.661. The van der Waals surface area contributed by atoms with Crippen molar-refractivity contribution in [2.24, 2.45) is 5.92 Å². The summed E-state index contributed by atoms with van der Waals surface area (Å²) in [6.45, 7) is 2.03. The molecule has 2 aliphatic rings. The van der Waals surface area contributed by atoms with Gasteiger partial charge in [0.2, 0.25) is 11.8 Å². The molecule has 2 fully saturated rings. The SMILES string of the molecule is O=C(C1CC(=O)N(c2cc(Cl)cc(Cl)c2)C1)N1CCCC1. The van der Waals surface area contributed by atoms with Crippen molar-refractivity contribution >= 4 is 40.7 Å². The lowest BCUT2D eigenvalue weighted by molar-refractivity contribution is -0.134. The first-order valence-electron chi connectivity index (χ1n) is 7.10. The second-order valence-corrected chi connectivity index (χ2v) is 6.44. The van der Waals surface area contributed by atoms with Gasteiger partial charge in [0.15, 0.2) is 0 Å². The summed E-state index contributed by atoms with van der Waals surface area (Å²) in [6.07, 6.45) is 2.37. The molecule has 0 aromatic heterocycles. The molecule has 0 radical (unpaired) electrons. The molecule has 4 nitrogen and oxygen atoms in total. The molecule has 6 heteroatoms. The zero-order valence-electron chi connectivity index (χ0n) is 11.5.